The van der Waals surface area contributed by atoms with E-state index in [1.54, 1.807) is 14.2 Å². The van der Waals surface area contributed by atoms with Crippen molar-refractivity contribution in [3.05, 3.63) is 70.1 Å². The summed E-state index contributed by atoms with van der Waals surface area (Å²) in [4.78, 5) is 28.8. The van der Waals surface area contributed by atoms with E-state index in [9.17, 15) is 9.59 Å². The number of fused-ring (bicyclic) bond motifs is 3. The van der Waals surface area contributed by atoms with E-state index in [1.165, 1.54) is 6.07 Å². The predicted molar refractivity (Wildman–Crippen MR) is 118 cm³/mol. The standard InChI is InChI=1S/C23H24N4O4/c1-15-12-21(28)25-23-17-6-4-5-7-18(17)26(27(15)23)14-22(29)24-11-10-16-8-9-19(30-2)20(13-16)31-3/h4-9,12-13H,10-11,14H2,1-3H3,(H,24,29). The van der Waals surface area contributed by atoms with Crippen molar-refractivity contribution in [1.29, 1.82) is 0 Å². The molecule has 8 heteroatoms. The van der Waals surface area contributed by atoms with E-state index >= 15 is 0 Å². The minimum Gasteiger partial charge on any atom is -0.493 e. The molecule has 1 amide bonds. The largest absolute Gasteiger partial charge is 0.493 e. The van der Waals surface area contributed by atoms with Gasteiger partial charge in [-0.05, 0) is 43.2 Å². The third-order valence-electron chi connectivity index (χ3n) is 5.22. The maximum atomic E-state index is 12.7. The summed E-state index contributed by atoms with van der Waals surface area (Å²) in [6.07, 6.45) is 0.659. The number of ether oxygens (including phenoxy) is 2. The van der Waals surface area contributed by atoms with Gasteiger partial charge >= 0.3 is 0 Å². The lowest BCUT2D eigenvalue weighted by Crippen LogP contribution is -2.31. The van der Waals surface area contributed by atoms with Gasteiger partial charge in [0.25, 0.3) is 5.56 Å². The van der Waals surface area contributed by atoms with Gasteiger partial charge in [-0.2, -0.15) is 4.98 Å². The Labute approximate surface area is 179 Å². The van der Waals surface area contributed by atoms with E-state index in [0.717, 1.165) is 22.2 Å². The molecule has 31 heavy (non-hydrogen) atoms. The van der Waals surface area contributed by atoms with Crippen molar-refractivity contribution in [2.75, 3.05) is 20.8 Å². The second kappa shape index (κ2) is 8.51. The van der Waals surface area contributed by atoms with Gasteiger partial charge < -0.3 is 14.8 Å². The SMILES string of the molecule is COc1ccc(CCNC(=O)Cn2c3ccccc3c3nc(=O)cc(C)n32)cc1OC. The first-order valence-electron chi connectivity index (χ1n) is 9.97. The molecular formula is C23H24N4O4. The summed E-state index contributed by atoms with van der Waals surface area (Å²) in [5, 5.41) is 3.80. The summed E-state index contributed by atoms with van der Waals surface area (Å²) in [6.45, 7) is 2.43. The number of carbonyl (C=O) groups is 1. The van der Waals surface area contributed by atoms with Crippen LogP contribution >= 0.6 is 0 Å². The van der Waals surface area contributed by atoms with Gasteiger partial charge in [0.2, 0.25) is 5.91 Å². The van der Waals surface area contributed by atoms with Crippen LogP contribution in [0.15, 0.2) is 53.3 Å². The minimum absolute atomic E-state index is 0.112. The Bertz CT molecular complexity index is 1320. The maximum absolute atomic E-state index is 12.7. The Kier molecular flexibility index (Phi) is 5.62. The predicted octanol–water partition coefficient (Wildman–Crippen LogP) is 2.33. The number of aromatic nitrogens is 3. The van der Waals surface area contributed by atoms with Crippen LogP contribution in [0.3, 0.4) is 0 Å². The molecule has 0 spiro atoms. The van der Waals surface area contributed by atoms with Crippen LogP contribution in [0.25, 0.3) is 16.6 Å². The Morgan fingerprint density at radius 1 is 1.06 bits per heavy atom. The van der Waals surface area contributed by atoms with Crippen LogP contribution in [0.1, 0.15) is 11.3 Å². The van der Waals surface area contributed by atoms with Crippen molar-refractivity contribution in [3.8, 4) is 11.5 Å². The molecule has 8 nitrogen and oxygen atoms in total. The molecular weight excluding hydrogens is 396 g/mol. The zero-order valence-electron chi connectivity index (χ0n) is 17.7. The van der Waals surface area contributed by atoms with Crippen LogP contribution in [-0.2, 0) is 17.8 Å². The molecule has 160 valence electrons. The maximum Gasteiger partial charge on any atom is 0.273 e. The van der Waals surface area contributed by atoms with Crippen molar-refractivity contribution in [1.82, 2.24) is 19.5 Å². The number of amides is 1. The number of para-hydroxylation sites is 1. The van der Waals surface area contributed by atoms with Crippen LogP contribution in [0, 0.1) is 6.92 Å². The number of methoxy groups -OCH3 is 2. The van der Waals surface area contributed by atoms with Crippen LogP contribution in [0.4, 0.5) is 0 Å². The van der Waals surface area contributed by atoms with Gasteiger partial charge in [0.1, 0.15) is 6.54 Å². The number of aryl methyl sites for hydroxylation is 1. The molecule has 0 saturated carbocycles. The Morgan fingerprint density at radius 2 is 1.84 bits per heavy atom. The molecule has 4 aromatic rings. The van der Waals surface area contributed by atoms with Crippen molar-refractivity contribution >= 4 is 22.5 Å². The lowest BCUT2D eigenvalue weighted by atomic mass is 10.1. The van der Waals surface area contributed by atoms with Crippen LogP contribution < -0.4 is 20.3 Å². The molecule has 4 rings (SSSR count). The number of benzene rings is 2. The molecule has 1 N–H and O–H groups in total. The summed E-state index contributed by atoms with van der Waals surface area (Å²) in [5.41, 5.74) is 2.87. The summed E-state index contributed by atoms with van der Waals surface area (Å²) in [5.74, 6) is 1.21. The van der Waals surface area contributed by atoms with Crippen molar-refractivity contribution in [2.45, 2.75) is 19.9 Å². The van der Waals surface area contributed by atoms with Crippen molar-refractivity contribution in [2.24, 2.45) is 0 Å². The molecule has 0 aliphatic carbocycles. The van der Waals surface area contributed by atoms with Gasteiger partial charge in [-0.25, -0.2) is 4.52 Å². The highest BCUT2D eigenvalue weighted by Gasteiger charge is 2.15. The normalized spacial score (nSPS) is 11.1. The summed E-state index contributed by atoms with van der Waals surface area (Å²) in [6, 6.07) is 14.8. The molecule has 0 aliphatic rings. The van der Waals surface area contributed by atoms with E-state index in [0.29, 0.717) is 30.1 Å². The second-order valence-corrected chi connectivity index (χ2v) is 7.24. The first kappa shape index (κ1) is 20.5. The molecule has 0 saturated heterocycles. The zero-order valence-corrected chi connectivity index (χ0v) is 17.7. The highest BCUT2D eigenvalue weighted by molar-refractivity contribution is 5.93. The lowest BCUT2D eigenvalue weighted by molar-refractivity contribution is -0.121. The first-order chi connectivity index (χ1) is 15.0. The molecule has 0 radical (unpaired) electrons. The molecule has 2 heterocycles. The third kappa shape index (κ3) is 3.96. The lowest BCUT2D eigenvalue weighted by Gasteiger charge is -2.12. The summed E-state index contributed by atoms with van der Waals surface area (Å²) >= 11 is 0. The second-order valence-electron chi connectivity index (χ2n) is 7.24. The van der Waals surface area contributed by atoms with Gasteiger partial charge in [-0.15, -0.1) is 0 Å². The number of hydrogen-bond donors (Lipinski definition) is 1. The highest BCUT2D eigenvalue weighted by Crippen LogP contribution is 2.27. The average molecular weight is 420 g/mol. The van der Waals surface area contributed by atoms with Crippen LogP contribution in [0.5, 0.6) is 11.5 Å². The highest BCUT2D eigenvalue weighted by atomic mass is 16.5. The number of rotatable bonds is 7. The molecule has 0 aliphatic heterocycles. The summed E-state index contributed by atoms with van der Waals surface area (Å²) < 4.78 is 14.2. The fourth-order valence-electron chi connectivity index (χ4n) is 3.80. The van der Waals surface area contributed by atoms with Crippen LogP contribution in [0.2, 0.25) is 0 Å². The van der Waals surface area contributed by atoms with Gasteiger partial charge in [-0.1, -0.05) is 18.2 Å². The average Bonchev–Trinajstić information content (AvgIpc) is 3.07. The Morgan fingerprint density at radius 3 is 2.61 bits per heavy atom. The van der Waals surface area contributed by atoms with Gasteiger partial charge in [-0.3, -0.25) is 14.3 Å². The molecule has 0 atom stereocenters. The zero-order chi connectivity index (χ0) is 22.0. The molecule has 0 fully saturated rings. The summed E-state index contributed by atoms with van der Waals surface area (Å²) in [7, 11) is 3.19. The molecule has 2 aromatic heterocycles. The van der Waals surface area contributed by atoms with Gasteiger partial charge in [0, 0.05) is 23.7 Å². The van der Waals surface area contributed by atoms with E-state index < -0.39 is 0 Å². The van der Waals surface area contributed by atoms with E-state index in [-0.39, 0.29) is 18.0 Å². The number of nitrogens with zero attached hydrogens (tertiary/aromatic N) is 3. The topological polar surface area (TPSA) is 86.9 Å². The molecule has 0 bridgehead atoms. The minimum atomic E-state index is -0.292. The first-order valence-corrected chi connectivity index (χ1v) is 9.97. The monoisotopic (exact) mass is 420 g/mol. The smallest absolute Gasteiger partial charge is 0.273 e. The van der Waals surface area contributed by atoms with Crippen LogP contribution in [-0.4, -0.2) is 40.9 Å². The Hall–Kier alpha value is -3.81. The number of carbonyl (C=O) groups excluding carboxylic acids is 1. The van der Waals surface area contributed by atoms with E-state index in [1.807, 2.05) is 58.6 Å². The third-order valence-corrected chi connectivity index (χ3v) is 5.22. The molecule has 2 aromatic carbocycles. The quantitative estimate of drug-likeness (QED) is 0.496. The number of hydrogen-bond acceptors (Lipinski definition) is 5. The van der Waals surface area contributed by atoms with Gasteiger partial charge in [0.15, 0.2) is 17.1 Å². The van der Waals surface area contributed by atoms with Crippen molar-refractivity contribution in [3.63, 3.8) is 0 Å². The van der Waals surface area contributed by atoms with E-state index in [4.69, 9.17) is 9.47 Å². The Balaban J connectivity index is 1.52. The molecule has 0 unspecified atom stereocenters. The fourth-order valence-corrected chi connectivity index (χ4v) is 3.80. The van der Waals surface area contributed by atoms with E-state index in [2.05, 4.69) is 10.3 Å². The number of nitrogens with one attached hydrogen (secondary N) is 1. The fraction of sp³-hybridized carbons (Fsp3) is 0.261. The van der Waals surface area contributed by atoms with Gasteiger partial charge in [0.05, 0.1) is 19.7 Å². The van der Waals surface area contributed by atoms with Crippen molar-refractivity contribution < 1.29 is 14.3 Å².